The highest BCUT2D eigenvalue weighted by Crippen LogP contribution is 2.65. The lowest BCUT2D eigenvalue weighted by Crippen LogP contribution is -2.37. The van der Waals surface area contributed by atoms with E-state index in [1.54, 1.807) is 0 Å². The minimum Gasteiger partial charge on any atom is -0.456 e. The lowest BCUT2D eigenvalue weighted by Gasteiger charge is -2.45. The molecular weight excluding hydrogens is 1410 g/mol. The van der Waals surface area contributed by atoms with Crippen LogP contribution in [0.25, 0.3) is 158 Å². The Morgan fingerprint density at radius 2 is 0.658 bits per heavy atom. The predicted molar refractivity (Wildman–Crippen MR) is 467 cm³/mol. The molecular formula is C105H62N6O2S. The van der Waals surface area contributed by atoms with Crippen LogP contribution in [0.15, 0.2) is 376 Å². The molecule has 0 saturated carbocycles. The van der Waals surface area contributed by atoms with Crippen molar-refractivity contribution in [2.24, 2.45) is 0 Å². The highest BCUT2D eigenvalue weighted by Gasteiger charge is 2.53. The molecule has 0 amide bonds. The number of thiophene rings is 1. The van der Waals surface area contributed by atoms with Crippen molar-refractivity contribution in [3.8, 4) is 62.8 Å². The Balaban J connectivity index is 0.000000127. The molecule has 0 bridgehead atoms. The molecule has 0 fully saturated rings. The Labute approximate surface area is 656 Å². The van der Waals surface area contributed by atoms with Gasteiger partial charge in [0.05, 0.1) is 88.1 Å². The largest absolute Gasteiger partial charge is 0.456 e. The zero-order valence-corrected chi connectivity index (χ0v) is 62.0. The number of hydrogen-bond acceptors (Lipinski definition) is 4. The molecule has 530 valence electrons. The van der Waals surface area contributed by atoms with Gasteiger partial charge in [-0.25, -0.2) is 4.98 Å². The fraction of sp³-hybridized carbons (Fsp3) is 0.0190. The molecule has 4 aliphatic rings. The Hall–Kier alpha value is -14.8. The molecule has 27 rings (SSSR count). The third kappa shape index (κ3) is 7.96. The zero-order chi connectivity index (χ0) is 74.2. The highest BCUT2D eigenvalue weighted by atomic mass is 32.1. The van der Waals surface area contributed by atoms with Crippen molar-refractivity contribution >= 4 is 130 Å². The summed E-state index contributed by atoms with van der Waals surface area (Å²) in [4.78, 5) is 5.15. The number of nitrogens with zero attached hydrogens (tertiary/aromatic N) is 6. The third-order valence-corrected chi connectivity index (χ3v) is 26.4. The van der Waals surface area contributed by atoms with E-state index in [9.17, 15) is 0 Å². The molecule has 0 N–H and O–H groups in total. The van der Waals surface area contributed by atoms with Gasteiger partial charge in [-0.15, -0.1) is 11.3 Å². The molecule has 23 aromatic rings. The van der Waals surface area contributed by atoms with Crippen molar-refractivity contribution in [3.63, 3.8) is 0 Å². The standard InChI is InChI=1S/C56H34N4O.C49H28N2OS/c1-2-15-36(16-3-1)59-49-27-12-8-23-45(49)57-55(59)35-29-31-37(32-30-35)58-47-25-10-5-18-40(47)52-50(58)34-33-44-54(52)61-51-28-13-7-21-42(51)56(44)41-20-6-11-26-48(41)60-46-24-9-4-17-38(46)39-19-14-22-43(56)53(39)60;1-6-19-39-30(12-1)32-15-11-18-37-47(32)51(39)41-21-8-4-16-35(41)49(37)36-17-5-9-22-43(36)52-48-38(49)25-26-42-46(48)33-14-2-7-20-40(33)50(42)29-24-27-45-34(28-29)31-13-3-10-23-44(31)53-45/h1-34H;1-28H. The van der Waals surface area contributed by atoms with Crippen molar-refractivity contribution in [3.05, 3.63) is 421 Å². The smallest absolute Gasteiger partial charge is 0.145 e. The van der Waals surface area contributed by atoms with Gasteiger partial charge in [0.15, 0.2) is 0 Å². The maximum atomic E-state index is 7.26. The van der Waals surface area contributed by atoms with Gasteiger partial charge in [-0.05, 0) is 156 Å². The van der Waals surface area contributed by atoms with Crippen LogP contribution in [0.2, 0.25) is 0 Å². The summed E-state index contributed by atoms with van der Waals surface area (Å²) in [6.07, 6.45) is 0. The number of aromatic nitrogens is 6. The lowest BCUT2D eigenvalue weighted by molar-refractivity contribution is 0.439. The first kappa shape index (κ1) is 62.0. The van der Waals surface area contributed by atoms with Gasteiger partial charge in [-0.2, -0.15) is 0 Å². The van der Waals surface area contributed by atoms with Crippen LogP contribution < -0.4 is 9.47 Å². The van der Waals surface area contributed by atoms with Crippen LogP contribution >= 0.6 is 11.3 Å². The highest BCUT2D eigenvalue weighted by molar-refractivity contribution is 7.25. The van der Waals surface area contributed by atoms with Gasteiger partial charge < -0.3 is 27.7 Å². The topological polar surface area (TPSA) is 56.0 Å². The molecule has 2 spiro atoms. The molecule has 2 atom stereocenters. The Kier molecular flexibility index (Phi) is 12.5. The molecule has 0 aliphatic carbocycles. The average molecular weight is 1470 g/mol. The summed E-state index contributed by atoms with van der Waals surface area (Å²) in [6, 6.07) is 137. The second-order valence-corrected chi connectivity index (χ2v) is 31.7. The number of fused-ring (bicyclic) bond motifs is 34. The predicted octanol–water partition coefficient (Wildman–Crippen LogP) is 26.7. The molecule has 17 aromatic carbocycles. The quantitative estimate of drug-likeness (QED) is 0.176. The van der Waals surface area contributed by atoms with Crippen molar-refractivity contribution in [1.29, 1.82) is 0 Å². The molecule has 6 aromatic heterocycles. The molecule has 8 nitrogen and oxygen atoms in total. The number of para-hydroxylation sites is 13. The minimum atomic E-state index is -0.645. The molecule has 114 heavy (non-hydrogen) atoms. The van der Waals surface area contributed by atoms with Gasteiger partial charge in [0.1, 0.15) is 28.8 Å². The maximum absolute atomic E-state index is 7.26. The summed E-state index contributed by atoms with van der Waals surface area (Å²) in [5.74, 6) is 4.51. The Morgan fingerprint density at radius 1 is 0.246 bits per heavy atom. The third-order valence-electron chi connectivity index (χ3n) is 25.3. The van der Waals surface area contributed by atoms with E-state index in [-0.39, 0.29) is 0 Å². The molecule has 4 aliphatic heterocycles. The summed E-state index contributed by atoms with van der Waals surface area (Å²) in [7, 11) is 0. The van der Waals surface area contributed by atoms with Crippen LogP contribution in [0.5, 0.6) is 23.0 Å². The van der Waals surface area contributed by atoms with Crippen LogP contribution in [-0.4, -0.2) is 27.8 Å². The van der Waals surface area contributed by atoms with E-state index in [0.29, 0.717) is 0 Å². The van der Waals surface area contributed by atoms with Gasteiger partial charge in [0.2, 0.25) is 0 Å². The van der Waals surface area contributed by atoms with E-state index >= 15 is 0 Å². The normalized spacial score (nSPS) is 15.4. The fourth-order valence-corrected chi connectivity index (χ4v) is 22.0. The number of hydrogen-bond donors (Lipinski definition) is 0. The monoisotopic (exact) mass is 1470 g/mol. The SMILES string of the molecule is c1ccc(-n2c(-c3ccc(-n4c5ccccc5c5c6c(ccc54)C4(c5ccccc5O6)c5ccccc5-n5c6ccccc6c6cccc4c65)cc3)nc3ccccc32)cc1.c1ccc2c(c1)Oc1c(ccc3c1c1ccccc1n3-c1ccc3sc4ccccc4c3c1)C21c2ccccc2-n2c3ccccc3c3cccc1c32. The van der Waals surface area contributed by atoms with Crippen LogP contribution in [0.3, 0.4) is 0 Å². The number of rotatable bonds is 4. The second-order valence-electron chi connectivity index (χ2n) is 30.6. The first-order chi connectivity index (χ1) is 56.6. The van der Waals surface area contributed by atoms with Crippen LogP contribution in [0.4, 0.5) is 0 Å². The van der Waals surface area contributed by atoms with E-state index in [4.69, 9.17) is 14.5 Å². The van der Waals surface area contributed by atoms with Crippen molar-refractivity contribution < 1.29 is 9.47 Å². The zero-order valence-electron chi connectivity index (χ0n) is 61.2. The number of benzene rings is 17. The van der Waals surface area contributed by atoms with Gasteiger partial charge in [0, 0.05) is 97.4 Å². The van der Waals surface area contributed by atoms with Gasteiger partial charge in [-0.1, -0.05) is 243 Å². The molecule has 9 heteroatoms. The summed E-state index contributed by atoms with van der Waals surface area (Å²) >= 11 is 1.86. The Bertz CT molecular complexity index is 8150. The van der Waals surface area contributed by atoms with Crippen LogP contribution in [0, 0.1) is 0 Å². The summed E-state index contributed by atoms with van der Waals surface area (Å²) in [6.45, 7) is 0. The van der Waals surface area contributed by atoms with Crippen molar-refractivity contribution in [2.75, 3.05) is 0 Å². The van der Waals surface area contributed by atoms with Gasteiger partial charge in [-0.3, -0.25) is 4.57 Å². The number of ether oxygens (including phenoxy) is 2. The second kappa shape index (κ2) is 22.9. The van der Waals surface area contributed by atoms with Crippen LogP contribution in [0.1, 0.15) is 44.5 Å². The van der Waals surface area contributed by atoms with E-state index in [0.717, 1.165) is 112 Å². The lowest BCUT2D eigenvalue weighted by atomic mass is 9.61. The fourth-order valence-electron chi connectivity index (χ4n) is 20.9. The van der Waals surface area contributed by atoms with Crippen LogP contribution in [-0.2, 0) is 10.8 Å². The maximum Gasteiger partial charge on any atom is 0.145 e. The van der Waals surface area contributed by atoms with E-state index in [1.807, 2.05) is 11.3 Å². The molecule has 10 heterocycles. The van der Waals surface area contributed by atoms with E-state index in [1.165, 1.54) is 114 Å². The molecule has 0 radical (unpaired) electrons. The first-order valence-corrected chi connectivity index (χ1v) is 39.9. The van der Waals surface area contributed by atoms with Crippen molar-refractivity contribution in [2.45, 2.75) is 10.8 Å². The summed E-state index contributed by atoms with van der Waals surface area (Å²) in [5.41, 5.74) is 26.7. The minimum absolute atomic E-state index is 0.615. The summed E-state index contributed by atoms with van der Waals surface area (Å²) < 4.78 is 29.2. The van der Waals surface area contributed by atoms with Crippen molar-refractivity contribution in [1.82, 2.24) is 27.8 Å². The Morgan fingerprint density at radius 3 is 1.23 bits per heavy atom. The average Bonchev–Trinajstić information content (AvgIpc) is 1.37. The van der Waals surface area contributed by atoms with Gasteiger partial charge in [0.25, 0.3) is 0 Å². The van der Waals surface area contributed by atoms with Gasteiger partial charge >= 0.3 is 0 Å². The first-order valence-electron chi connectivity index (χ1n) is 39.1. The molecule has 2 unspecified atom stereocenters. The van der Waals surface area contributed by atoms with E-state index < -0.39 is 10.8 Å². The molecule has 0 saturated heterocycles. The summed E-state index contributed by atoms with van der Waals surface area (Å²) in [5, 5.41) is 12.2. The van der Waals surface area contributed by atoms with E-state index in [2.05, 4.69) is 399 Å². The number of imidazole rings is 1.